The van der Waals surface area contributed by atoms with Gasteiger partial charge in [-0.05, 0) is 54.2 Å². The van der Waals surface area contributed by atoms with Crippen LogP contribution in [-0.4, -0.2) is 31.3 Å². The number of nitrogens with zero attached hydrogens (tertiary/aromatic N) is 5. The van der Waals surface area contributed by atoms with Gasteiger partial charge in [-0.2, -0.15) is 0 Å². The minimum atomic E-state index is 0.536. The summed E-state index contributed by atoms with van der Waals surface area (Å²) in [6.45, 7) is 2.28. The molecule has 0 saturated heterocycles. The van der Waals surface area contributed by atoms with E-state index < -0.39 is 0 Å². The van der Waals surface area contributed by atoms with Crippen LogP contribution in [0.1, 0.15) is 39.0 Å². The second-order valence-electron chi connectivity index (χ2n) is 5.02. The van der Waals surface area contributed by atoms with Crippen LogP contribution in [0.4, 0.5) is 5.82 Å². The fraction of sp³-hybridized carbons (Fsp3) is 0.667. The lowest BCUT2D eigenvalue weighted by Crippen LogP contribution is -2.26. The lowest BCUT2D eigenvalue weighted by molar-refractivity contribution is 0.329. The second-order valence-corrected chi connectivity index (χ2v) is 5.02. The highest BCUT2D eigenvalue weighted by atomic mass is 15.6. The summed E-state index contributed by atoms with van der Waals surface area (Å²) in [5.74, 6) is 1.77. The first-order valence-electron chi connectivity index (χ1n) is 6.67. The van der Waals surface area contributed by atoms with Crippen LogP contribution in [0, 0.1) is 5.92 Å². The molecular formula is C12H18N6. The topological polar surface area (TPSA) is 68.0 Å². The summed E-state index contributed by atoms with van der Waals surface area (Å²) in [7, 11) is 0. The van der Waals surface area contributed by atoms with Crippen molar-refractivity contribution in [3.8, 4) is 0 Å². The zero-order chi connectivity index (χ0) is 12.4. The van der Waals surface area contributed by atoms with E-state index in [1.807, 2.05) is 12.1 Å². The maximum atomic E-state index is 4.34. The largest absolute Gasteiger partial charge is 0.366 e. The third-order valence-corrected chi connectivity index (χ3v) is 3.85. The first-order chi connectivity index (χ1) is 8.85. The Bertz CT molecular complexity index is 514. The molecule has 6 heteroatoms. The van der Waals surface area contributed by atoms with E-state index in [1.54, 1.807) is 0 Å². The average molecular weight is 246 g/mol. The van der Waals surface area contributed by atoms with Gasteiger partial charge in [-0.3, -0.25) is 0 Å². The maximum absolute atomic E-state index is 4.34. The summed E-state index contributed by atoms with van der Waals surface area (Å²) in [6, 6.07) is 4.36. The number of tetrazole rings is 1. The number of rotatable bonds is 3. The number of nitrogens with one attached hydrogen (secondary N) is 1. The molecule has 1 N–H and O–H groups in total. The molecular weight excluding hydrogens is 228 g/mol. The molecule has 1 aliphatic rings. The van der Waals surface area contributed by atoms with Crippen molar-refractivity contribution in [1.82, 2.24) is 25.3 Å². The van der Waals surface area contributed by atoms with Gasteiger partial charge in [-0.15, -0.1) is 14.8 Å². The van der Waals surface area contributed by atoms with Gasteiger partial charge in [-0.25, -0.2) is 0 Å². The van der Waals surface area contributed by atoms with Gasteiger partial charge in [0.05, 0.1) is 0 Å². The summed E-state index contributed by atoms with van der Waals surface area (Å²) in [5, 5.41) is 19.0. The number of anilines is 1. The standard InChI is InChI=1S/C12H18N6/c1-2-9-3-5-10(6-4-9)13-11-7-8-12-14-16-17-18(12)15-11/h7-10H,2-6H2,1H3,(H,13,15). The Labute approximate surface area is 106 Å². The molecule has 0 aromatic carbocycles. The number of aromatic nitrogens is 5. The Morgan fingerprint density at radius 1 is 1.28 bits per heavy atom. The van der Waals surface area contributed by atoms with Gasteiger partial charge in [0.1, 0.15) is 5.82 Å². The van der Waals surface area contributed by atoms with Crippen LogP contribution in [0.3, 0.4) is 0 Å². The van der Waals surface area contributed by atoms with Crippen molar-refractivity contribution in [2.24, 2.45) is 5.92 Å². The monoisotopic (exact) mass is 246 g/mol. The average Bonchev–Trinajstić information content (AvgIpc) is 2.87. The molecule has 0 spiro atoms. The van der Waals surface area contributed by atoms with E-state index >= 15 is 0 Å². The van der Waals surface area contributed by atoms with Gasteiger partial charge in [-0.1, -0.05) is 13.3 Å². The van der Waals surface area contributed by atoms with Gasteiger partial charge in [0.15, 0.2) is 5.65 Å². The first kappa shape index (κ1) is 11.4. The molecule has 2 heterocycles. The molecule has 1 fully saturated rings. The lowest BCUT2D eigenvalue weighted by atomic mass is 9.84. The van der Waals surface area contributed by atoms with E-state index in [0.717, 1.165) is 11.7 Å². The summed E-state index contributed by atoms with van der Waals surface area (Å²) in [4.78, 5) is 0. The molecule has 0 aliphatic heterocycles. The van der Waals surface area contributed by atoms with E-state index in [-0.39, 0.29) is 0 Å². The van der Waals surface area contributed by atoms with Crippen LogP contribution in [0.15, 0.2) is 12.1 Å². The smallest absolute Gasteiger partial charge is 0.200 e. The molecule has 0 unspecified atom stereocenters. The van der Waals surface area contributed by atoms with Crippen molar-refractivity contribution >= 4 is 11.5 Å². The van der Waals surface area contributed by atoms with E-state index in [2.05, 4.69) is 32.9 Å². The van der Waals surface area contributed by atoms with Crippen LogP contribution in [0.5, 0.6) is 0 Å². The van der Waals surface area contributed by atoms with Gasteiger partial charge in [0.25, 0.3) is 0 Å². The third-order valence-electron chi connectivity index (χ3n) is 3.85. The highest BCUT2D eigenvalue weighted by Crippen LogP contribution is 2.27. The number of hydrogen-bond acceptors (Lipinski definition) is 5. The van der Waals surface area contributed by atoms with Crippen molar-refractivity contribution in [1.29, 1.82) is 0 Å². The maximum Gasteiger partial charge on any atom is 0.200 e. The predicted octanol–water partition coefficient (Wildman–Crippen LogP) is 1.90. The zero-order valence-corrected chi connectivity index (χ0v) is 10.6. The van der Waals surface area contributed by atoms with Crippen molar-refractivity contribution in [3.05, 3.63) is 12.1 Å². The van der Waals surface area contributed by atoms with Crippen LogP contribution in [0.25, 0.3) is 5.65 Å². The minimum absolute atomic E-state index is 0.536. The number of fused-ring (bicyclic) bond motifs is 1. The quantitative estimate of drug-likeness (QED) is 0.895. The SMILES string of the molecule is CCC1CCC(Nc2ccc3nnnn3n2)CC1. The molecule has 0 atom stereocenters. The Morgan fingerprint density at radius 3 is 2.89 bits per heavy atom. The van der Waals surface area contributed by atoms with Crippen LogP contribution in [0.2, 0.25) is 0 Å². The molecule has 18 heavy (non-hydrogen) atoms. The van der Waals surface area contributed by atoms with Crippen molar-refractivity contribution < 1.29 is 0 Å². The van der Waals surface area contributed by atoms with Crippen molar-refractivity contribution in [2.75, 3.05) is 5.32 Å². The summed E-state index contributed by atoms with van der Waals surface area (Å²) in [6.07, 6.45) is 6.41. The van der Waals surface area contributed by atoms with Crippen LogP contribution >= 0.6 is 0 Å². The Hall–Kier alpha value is -1.72. The Morgan fingerprint density at radius 2 is 2.11 bits per heavy atom. The van der Waals surface area contributed by atoms with Crippen LogP contribution < -0.4 is 5.32 Å². The van der Waals surface area contributed by atoms with E-state index in [4.69, 9.17) is 0 Å². The summed E-state index contributed by atoms with van der Waals surface area (Å²) < 4.78 is 1.46. The Kier molecular flexibility index (Phi) is 3.08. The molecule has 0 radical (unpaired) electrons. The minimum Gasteiger partial charge on any atom is -0.366 e. The molecule has 1 saturated carbocycles. The second kappa shape index (κ2) is 4.88. The van der Waals surface area contributed by atoms with E-state index in [1.165, 1.54) is 36.7 Å². The first-order valence-corrected chi connectivity index (χ1v) is 6.67. The summed E-state index contributed by atoms with van der Waals surface area (Å²) in [5.41, 5.74) is 0.676. The normalized spacial score (nSPS) is 24.3. The molecule has 96 valence electrons. The molecule has 1 aliphatic carbocycles. The van der Waals surface area contributed by atoms with Crippen molar-refractivity contribution in [3.63, 3.8) is 0 Å². The van der Waals surface area contributed by atoms with E-state index in [9.17, 15) is 0 Å². The molecule has 0 bridgehead atoms. The highest BCUT2D eigenvalue weighted by Gasteiger charge is 2.20. The number of hydrogen-bond donors (Lipinski definition) is 1. The van der Waals surface area contributed by atoms with E-state index in [0.29, 0.717) is 11.7 Å². The van der Waals surface area contributed by atoms with Crippen LogP contribution in [-0.2, 0) is 0 Å². The highest BCUT2D eigenvalue weighted by molar-refractivity contribution is 5.42. The fourth-order valence-corrected chi connectivity index (χ4v) is 2.65. The fourth-order valence-electron chi connectivity index (χ4n) is 2.65. The van der Waals surface area contributed by atoms with Gasteiger partial charge in [0.2, 0.25) is 0 Å². The van der Waals surface area contributed by atoms with Crippen molar-refractivity contribution in [2.45, 2.75) is 45.1 Å². The molecule has 2 aromatic heterocycles. The lowest BCUT2D eigenvalue weighted by Gasteiger charge is -2.28. The molecule has 6 nitrogen and oxygen atoms in total. The van der Waals surface area contributed by atoms with Gasteiger partial charge < -0.3 is 5.32 Å². The third kappa shape index (κ3) is 2.27. The molecule has 0 amide bonds. The molecule has 2 aromatic rings. The molecule has 3 rings (SSSR count). The predicted molar refractivity (Wildman–Crippen MR) is 68.2 cm³/mol. The van der Waals surface area contributed by atoms with Gasteiger partial charge >= 0.3 is 0 Å². The Balaban J connectivity index is 1.65. The zero-order valence-electron chi connectivity index (χ0n) is 10.6. The summed E-state index contributed by atoms with van der Waals surface area (Å²) >= 11 is 0. The van der Waals surface area contributed by atoms with Gasteiger partial charge in [0, 0.05) is 6.04 Å².